The van der Waals surface area contributed by atoms with Crippen LogP contribution in [0.25, 0.3) is 0 Å². The molecule has 0 saturated carbocycles. The maximum atomic E-state index is 4.82. The summed E-state index contributed by atoms with van der Waals surface area (Å²) in [5.41, 5.74) is 8.11. The van der Waals surface area contributed by atoms with E-state index in [-0.39, 0.29) is 0 Å². The van der Waals surface area contributed by atoms with E-state index >= 15 is 0 Å². The monoisotopic (exact) mass is 281 g/mol. The number of rotatable bonds is 1. The molecular weight excluding hydrogens is 257 g/mol. The molecule has 1 aliphatic heterocycles. The minimum atomic E-state index is 1.06. The average Bonchev–Trinajstić information content (AvgIpc) is 2.58. The highest BCUT2D eigenvalue weighted by molar-refractivity contribution is 6.32. The average molecular weight is 281 g/mol. The van der Waals surface area contributed by atoms with Gasteiger partial charge >= 0.3 is 0 Å². The molecular formula is C17H24BN3. The highest BCUT2D eigenvalue weighted by Crippen LogP contribution is 2.35. The zero-order valence-corrected chi connectivity index (χ0v) is 13.8. The summed E-state index contributed by atoms with van der Waals surface area (Å²) in [6.45, 7) is 7.67. The van der Waals surface area contributed by atoms with Crippen molar-refractivity contribution in [2.45, 2.75) is 40.0 Å². The lowest BCUT2D eigenvalue weighted by Gasteiger charge is -2.26. The fourth-order valence-corrected chi connectivity index (χ4v) is 3.64. The van der Waals surface area contributed by atoms with Crippen LogP contribution in [0.2, 0.25) is 0 Å². The summed E-state index contributed by atoms with van der Waals surface area (Å²) in [4.78, 5) is 2.44. The minimum Gasteiger partial charge on any atom is -0.324 e. The van der Waals surface area contributed by atoms with Gasteiger partial charge in [-0.15, -0.1) is 0 Å². The maximum Gasteiger partial charge on any atom is 0.163 e. The maximum absolute atomic E-state index is 4.82. The fraction of sp³-hybridized carbons (Fsp3) is 0.471. The van der Waals surface area contributed by atoms with Crippen LogP contribution in [0, 0.1) is 20.8 Å². The van der Waals surface area contributed by atoms with Gasteiger partial charge in [-0.25, -0.2) is 0 Å². The van der Waals surface area contributed by atoms with Gasteiger partial charge in [0.05, 0.1) is 0 Å². The Labute approximate surface area is 128 Å². The quantitative estimate of drug-likeness (QED) is 0.746. The molecule has 1 aromatic heterocycles. The number of aromatic nitrogens is 2. The molecule has 1 aromatic carbocycles. The van der Waals surface area contributed by atoms with Crippen LogP contribution in [-0.4, -0.2) is 24.2 Å². The Morgan fingerprint density at radius 1 is 1.10 bits per heavy atom. The molecule has 3 rings (SSSR count). The van der Waals surface area contributed by atoms with Gasteiger partial charge in [0.15, 0.2) is 13.7 Å². The zero-order valence-electron chi connectivity index (χ0n) is 13.8. The van der Waals surface area contributed by atoms with Gasteiger partial charge < -0.3 is 4.90 Å². The normalized spacial score (nSPS) is 15.0. The lowest BCUT2D eigenvalue weighted by Crippen LogP contribution is -2.21. The fourth-order valence-electron chi connectivity index (χ4n) is 3.64. The van der Waals surface area contributed by atoms with Crippen molar-refractivity contribution in [1.29, 1.82) is 0 Å². The molecule has 0 unspecified atom stereocenters. The minimum absolute atomic E-state index is 1.06. The second-order valence-electron chi connectivity index (χ2n) is 6.37. The first-order valence-corrected chi connectivity index (χ1v) is 7.87. The Morgan fingerprint density at radius 3 is 2.43 bits per heavy atom. The van der Waals surface area contributed by atoms with Gasteiger partial charge in [0.2, 0.25) is 0 Å². The molecule has 0 N–H and O–H groups in total. The van der Waals surface area contributed by atoms with Gasteiger partial charge in [-0.2, -0.15) is 5.10 Å². The Hall–Kier alpha value is -1.71. The molecule has 0 aliphatic carbocycles. The van der Waals surface area contributed by atoms with E-state index < -0.39 is 0 Å². The van der Waals surface area contributed by atoms with Crippen molar-refractivity contribution in [1.82, 2.24) is 9.78 Å². The first-order chi connectivity index (χ1) is 9.99. The largest absolute Gasteiger partial charge is 0.324 e. The second-order valence-corrected chi connectivity index (χ2v) is 6.37. The van der Waals surface area contributed by atoms with Gasteiger partial charge in [0.25, 0.3) is 0 Å². The van der Waals surface area contributed by atoms with E-state index in [4.69, 9.17) is 5.10 Å². The van der Waals surface area contributed by atoms with E-state index in [1.54, 1.807) is 0 Å². The van der Waals surface area contributed by atoms with Crippen molar-refractivity contribution in [2.24, 2.45) is 7.05 Å². The summed E-state index contributed by atoms with van der Waals surface area (Å²) in [6.07, 6.45) is 3.63. The molecule has 110 valence electrons. The summed E-state index contributed by atoms with van der Waals surface area (Å²) in [5, 5.41) is 4.82. The number of hydrogen-bond acceptors (Lipinski definition) is 2. The van der Waals surface area contributed by atoms with Crippen LogP contribution >= 0.6 is 0 Å². The van der Waals surface area contributed by atoms with E-state index in [2.05, 4.69) is 52.7 Å². The van der Waals surface area contributed by atoms with Crippen LogP contribution in [0.1, 0.15) is 35.1 Å². The summed E-state index contributed by atoms with van der Waals surface area (Å²) in [6, 6.07) is 4.56. The van der Waals surface area contributed by atoms with Gasteiger partial charge in [-0.05, 0) is 56.8 Å². The molecule has 1 aliphatic rings. The smallest absolute Gasteiger partial charge is 0.163 e. The first kappa shape index (κ1) is 14.2. The topological polar surface area (TPSA) is 21.1 Å². The molecule has 2 heterocycles. The predicted molar refractivity (Wildman–Crippen MR) is 92.0 cm³/mol. The van der Waals surface area contributed by atoms with Crippen molar-refractivity contribution >= 4 is 24.9 Å². The zero-order chi connectivity index (χ0) is 15.1. The highest BCUT2D eigenvalue weighted by atomic mass is 15.3. The standard InChI is InChI=1S/C17H24BN3/c1-11-9-12(2)15(13(3)10-11)21-8-6-5-7-14-16(18)20(4)19-17(14)21/h9-10H,5-8,18H2,1-4H3. The van der Waals surface area contributed by atoms with Crippen LogP contribution in [0.15, 0.2) is 12.1 Å². The summed E-state index contributed by atoms with van der Waals surface area (Å²) in [7, 11) is 4.24. The van der Waals surface area contributed by atoms with Crippen LogP contribution in [-0.2, 0) is 13.5 Å². The molecule has 3 nitrogen and oxygen atoms in total. The molecule has 0 saturated heterocycles. The number of nitrogens with zero attached hydrogens (tertiary/aromatic N) is 3. The molecule has 0 radical (unpaired) electrons. The van der Waals surface area contributed by atoms with Crippen molar-refractivity contribution in [3.05, 3.63) is 34.4 Å². The Morgan fingerprint density at radius 2 is 1.76 bits per heavy atom. The third-order valence-corrected chi connectivity index (χ3v) is 4.66. The molecule has 0 spiro atoms. The molecule has 0 bridgehead atoms. The molecule has 2 aromatic rings. The summed E-state index contributed by atoms with van der Waals surface area (Å²) in [5.74, 6) is 1.17. The van der Waals surface area contributed by atoms with E-state index in [0.29, 0.717) is 0 Å². The third-order valence-electron chi connectivity index (χ3n) is 4.66. The van der Waals surface area contributed by atoms with Crippen molar-refractivity contribution < 1.29 is 0 Å². The van der Waals surface area contributed by atoms with Crippen LogP contribution in [0.5, 0.6) is 0 Å². The van der Waals surface area contributed by atoms with E-state index in [0.717, 1.165) is 13.0 Å². The second kappa shape index (κ2) is 5.25. The van der Waals surface area contributed by atoms with E-state index in [1.807, 2.05) is 4.68 Å². The lowest BCUT2D eigenvalue weighted by atomic mass is 9.96. The van der Waals surface area contributed by atoms with Gasteiger partial charge in [0.1, 0.15) is 0 Å². The van der Waals surface area contributed by atoms with Crippen molar-refractivity contribution in [3.63, 3.8) is 0 Å². The summed E-state index contributed by atoms with van der Waals surface area (Å²) >= 11 is 0. The highest BCUT2D eigenvalue weighted by Gasteiger charge is 2.24. The SMILES string of the molecule is Bc1c2c(nn1C)N(c1c(C)cc(C)cc1C)CCCC2. The Bertz CT molecular complexity index is 665. The molecule has 0 amide bonds. The number of hydrogen-bond donors (Lipinski definition) is 0. The van der Waals surface area contributed by atoms with E-state index in [9.17, 15) is 0 Å². The van der Waals surface area contributed by atoms with Crippen LogP contribution < -0.4 is 10.5 Å². The molecule has 0 fully saturated rings. The van der Waals surface area contributed by atoms with E-state index in [1.165, 1.54) is 52.2 Å². The number of fused-ring (bicyclic) bond motifs is 1. The number of benzene rings is 1. The van der Waals surface area contributed by atoms with Crippen LogP contribution in [0.4, 0.5) is 11.5 Å². The van der Waals surface area contributed by atoms with Gasteiger partial charge in [-0.3, -0.25) is 4.68 Å². The number of anilines is 2. The van der Waals surface area contributed by atoms with Crippen molar-refractivity contribution in [3.8, 4) is 0 Å². The molecule has 4 heteroatoms. The number of aryl methyl sites for hydroxylation is 4. The Balaban J connectivity index is 2.18. The lowest BCUT2D eigenvalue weighted by molar-refractivity contribution is 0.733. The van der Waals surface area contributed by atoms with Gasteiger partial charge in [-0.1, -0.05) is 17.7 Å². The van der Waals surface area contributed by atoms with Crippen LogP contribution in [0.3, 0.4) is 0 Å². The van der Waals surface area contributed by atoms with Gasteiger partial charge in [0, 0.05) is 24.8 Å². The molecule has 21 heavy (non-hydrogen) atoms. The Kier molecular flexibility index (Phi) is 3.56. The predicted octanol–water partition coefficient (Wildman–Crippen LogP) is 2.08. The first-order valence-electron chi connectivity index (χ1n) is 7.87. The third kappa shape index (κ3) is 2.37. The molecule has 0 atom stereocenters. The summed E-state index contributed by atoms with van der Waals surface area (Å²) < 4.78 is 2.03. The van der Waals surface area contributed by atoms with Crippen molar-refractivity contribution in [2.75, 3.05) is 11.4 Å².